The van der Waals surface area contributed by atoms with Crippen LogP contribution in [0.25, 0.3) is 0 Å². The second-order valence-corrected chi connectivity index (χ2v) is 6.06. The third kappa shape index (κ3) is 5.18. The average Bonchev–Trinajstić information content (AvgIpc) is 2.97. The summed E-state index contributed by atoms with van der Waals surface area (Å²) in [5, 5.41) is 14.6. The number of carboxylic acids is 1. The Morgan fingerprint density at radius 2 is 2.19 bits per heavy atom. The molecule has 21 heavy (non-hydrogen) atoms. The second kappa shape index (κ2) is 7.78. The zero-order chi connectivity index (χ0) is 15.1. The molecule has 3 N–H and O–H groups in total. The highest BCUT2D eigenvalue weighted by Crippen LogP contribution is 2.26. The van der Waals surface area contributed by atoms with Crippen molar-refractivity contribution in [3.05, 3.63) is 24.3 Å². The molecule has 1 aromatic carbocycles. The molecule has 1 unspecified atom stereocenters. The van der Waals surface area contributed by atoms with Gasteiger partial charge in [0.15, 0.2) is 6.61 Å². The molecule has 1 aromatic rings. The minimum absolute atomic E-state index is 0.311. The molecule has 1 saturated heterocycles. The van der Waals surface area contributed by atoms with Gasteiger partial charge in [0.05, 0.1) is 5.69 Å². The van der Waals surface area contributed by atoms with Crippen LogP contribution in [0, 0.1) is 0 Å². The van der Waals surface area contributed by atoms with Crippen molar-refractivity contribution >= 4 is 29.4 Å². The molecule has 0 bridgehead atoms. The highest BCUT2D eigenvalue weighted by Gasteiger charge is 2.16. The third-order valence-corrected chi connectivity index (χ3v) is 4.40. The van der Waals surface area contributed by atoms with Crippen molar-refractivity contribution in [1.82, 2.24) is 5.32 Å². The summed E-state index contributed by atoms with van der Waals surface area (Å²) in [4.78, 5) is 22.4. The van der Waals surface area contributed by atoms with E-state index in [0.717, 1.165) is 12.2 Å². The standard InChI is InChI=1S/C14H18N2O4S/c17-13(18)9-20-12-6-2-1-5-11(12)16-14(19)15-8-10-4-3-7-21-10/h1-2,5-6,10H,3-4,7-9H2,(H,17,18)(H2,15,16,19). The lowest BCUT2D eigenvalue weighted by Crippen LogP contribution is -2.33. The number of urea groups is 1. The summed E-state index contributed by atoms with van der Waals surface area (Å²) in [6.07, 6.45) is 2.33. The monoisotopic (exact) mass is 310 g/mol. The van der Waals surface area contributed by atoms with Crippen molar-refractivity contribution in [2.75, 3.05) is 24.2 Å². The molecule has 6 nitrogen and oxygen atoms in total. The number of carbonyl (C=O) groups excluding carboxylic acids is 1. The highest BCUT2D eigenvalue weighted by molar-refractivity contribution is 8.00. The Morgan fingerprint density at radius 3 is 2.90 bits per heavy atom. The zero-order valence-corrected chi connectivity index (χ0v) is 12.3. The summed E-state index contributed by atoms with van der Waals surface area (Å²) in [5.41, 5.74) is 0.454. The Balaban J connectivity index is 1.85. The van der Waals surface area contributed by atoms with E-state index in [4.69, 9.17) is 9.84 Å². The smallest absolute Gasteiger partial charge is 0.341 e. The molecule has 7 heteroatoms. The zero-order valence-electron chi connectivity index (χ0n) is 11.5. The van der Waals surface area contributed by atoms with Crippen molar-refractivity contribution in [1.29, 1.82) is 0 Å². The summed E-state index contributed by atoms with van der Waals surface area (Å²) in [5.74, 6) is 0.428. The van der Waals surface area contributed by atoms with Crippen molar-refractivity contribution in [3.63, 3.8) is 0 Å². The number of thioether (sulfide) groups is 1. The van der Waals surface area contributed by atoms with Crippen molar-refractivity contribution in [2.45, 2.75) is 18.1 Å². The van der Waals surface area contributed by atoms with Crippen LogP contribution in [0.5, 0.6) is 5.75 Å². The number of anilines is 1. The van der Waals surface area contributed by atoms with E-state index in [1.807, 2.05) is 11.8 Å². The molecule has 1 heterocycles. The first-order valence-electron chi connectivity index (χ1n) is 6.75. The quantitative estimate of drug-likeness (QED) is 0.749. The minimum Gasteiger partial charge on any atom is -0.480 e. The topological polar surface area (TPSA) is 87.7 Å². The SMILES string of the molecule is O=C(O)COc1ccccc1NC(=O)NCC1CCCS1. The number of rotatable bonds is 6. The predicted octanol–water partition coefficient (Wildman–Crippen LogP) is 2.17. The molecule has 1 aliphatic rings. The van der Waals surface area contributed by atoms with Crippen LogP contribution in [-0.2, 0) is 4.79 Å². The average molecular weight is 310 g/mol. The lowest BCUT2D eigenvalue weighted by atomic mass is 10.2. The van der Waals surface area contributed by atoms with Gasteiger partial charge in [-0.15, -0.1) is 0 Å². The summed E-state index contributed by atoms with van der Waals surface area (Å²) >= 11 is 1.87. The van der Waals surface area contributed by atoms with Crippen LogP contribution in [0.2, 0.25) is 0 Å². The minimum atomic E-state index is -1.06. The fourth-order valence-electron chi connectivity index (χ4n) is 2.01. The van der Waals surface area contributed by atoms with Crippen molar-refractivity contribution in [2.24, 2.45) is 0 Å². The molecular formula is C14H18N2O4S. The molecule has 2 rings (SSSR count). The molecule has 0 aliphatic carbocycles. The van der Waals surface area contributed by atoms with Crippen LogP contribution in [0.4, 0.5) is 10.5 Å². The van der Waals surface area contributed by atoms with Gasteiger partial charge < -0.3 is 20.5 Å². The van der Waals surface area contributed by atoms with Gasteiger partial charge in [-0.2, -0.15) is 11.8 Å². The first-order valence-corrected chi connectivity index (χ1v) is 7.80. The molecule has 1 atom stereocenters. The first-order chi connectivity index (χ1) is 10.1. The van der Waals surface area contributed by atoms with Gasteiger partial charge in [-0.1, -0.05) is 12.1 Å². The van der Waals surface area contributed by atoms with E-state index in [0.29, 0.717) is 23.2 Å². The van der Waals surface area contributed by atoms with Crippen LogP contribution >= 0.6 is 11.8 Å². The maximum absolute atomic E-state index is 11.9. The number of amides is 2. The first kappa shape index (κ1) is 15.5. The predicted molar refractivity (Wildman–Crippen MR) is 82.1 cm³/mol. The van der Waals surface area contributed by atoms with Gasteiger partial charge in [0.1, 0.15) is 5.75 Å². The van der Waals surface area contributed by atoms with Gasteiger partial charge in [0.25, 0.3) is 0 Å². The number of nitrogens with one attached hydrogen (secondary N) is 2. The van der Waals surface area contributed by atoms with E-state index in [-0.39, 0.29) is 6.03 Å². The number of para-hydroxylation sites is 2. The fourth-order valence-corrected chi connectivity index (χ4v) is 3.21. The van der Waals surface area contributed by atoms with Gasteiger partial charge in [-0.25, -0.2) is 9.59 Å². The third-order valence-electron chi connectivity index (χ3n) is 3.00. The van der Waals surface area contributed by atoms with E-state index in [9.17, 15) is 9.59 Å². The number of aliphatic carboxylic acids is 1. The molecule has 0 aromatic heterocycles. The number of hydrogen-bond donors (Lipinski definition) is 3. The van der Waals surface area contributed by atoms with E-state index in [1.54, 1.807) is 24.3 Å². The van der Waals surface area contributed by atoms with Crippen LogP contribution in [0.1, 0.15) is 12.8 Å². The number of hydrogen-bond acceptors (Lipinski definition) is 4. The molecule has 114 valence electrons. The normalized spacial score (nSPS) is 17.2. The summed E-state index contributed by atoms with van der Waals surface area (Å²) < 4.78 is 5.13. The van der Waals surface area contributed by atoms with E-state index < -0.39 is 12.6 Å². The molecule has 1 fully saturated rings. The Labute approximate surface area is 127 Å². The largest absolute Gasteiger partial charge is 0.480 e. The van der Waals surface area contributed by atoms with Gasteiger partial charge in [0, 0.05) is 11.8 Å². The lowest BCUT2D eigenvalue weighted by Gasteiger charge is -2.13. The Kier molecular flexibility index (Phi) is 5.74. The number of carboxylic acid groups (broad SMARTS) is 1. The maximum Gasteiger partial charge on any atom is 0.341 e. The van der Waals surface area contributed by atoms with Gasteiger partial charge in [0.2, 0.25) is 0 Å². The number of benzene rings is 1. The molecule has 0 radical (unpaired) electrons. The lowest BCUT2D eigenvalue weighted by molar-refractivity contribution is -0.139. The van der Waals surface area contributed by atoms with Crippen LogP contribution in [0.3, 0.4) is 0 Å². The van der Waals surface area contributed by atoms with Crippen molar-refractivity contribution < 1.29 is 19.4 Å². The van der Waals surface area contributed by atoms with Crippen LogP contribution < -0.4 is 15.4 Å². The highest BCUT2D eigenvalue weighted by atomic mass is 32.2. The fraction of sp³-hybridized carbons (Fsp3) is 0.429. The van der Waals surface area contributed by atoms with Crippen molar-refractivity contribution in [3.8, 4) is 5.75 Å². The van der Waals surface area contributed by atoms with Gasteiger partial charge in [-0.05, 0) is 30.7 Å². The van der Waals surface area contributed by atoms with Crippen LogP contribution in [-0.4, -0.2) is 41.3 Å². The Hall–Kier alpha value is -1.89. The number of ether oxygens (including phenoxy) is 1. The Bertz CT molecular complexity index is 504. The molecule has 0 spiro atoms. The van der Waals surface area contributed by atoms with E-state index in [2.05, 4.69) is 10.6 Å². The molecular weight excluding hydrogens is 292 g/mol. The molecule has 1 aliphatic heterocycles. The molecule has 2 amide bonds. The van der Waals surface area contributed by atoms with Crippen LogP contribution in [0.15, 0.2) is 24.3 Å². The maximum atomic E-state index is 11.9. The summed E-state index contributed by atoms with van der Waals surface area (Å²) in [6, 6.07) is 6.44. The van der Waals surface area contributed by atoms with E-state index >= 15 is 0 Å². The molecule has 0 saturated carbocycles. The number of carbonyl (C=O) groups is 2. The summed E-state index contributed by atoms with van der Waals surface area (Å²) in [6.45, 7) is 0.188. The van der Waals surface area contributed by atoms with Gasteiger partial charge >= 0.3 is 12.0 Å². The second-order valence-electron chi connectivity index (χ2n) is 4.65. The van der Waals surface area contributed by atoms with E-state index in [1.165, 1.54) is 6.42 Å². The van der Waals surface area contributed by atoms with Gasteiger partial charge in [-0.3, -0.25) is 0 Å². The summed E-state index contributed by atoms with van der Waals surface area (Å²) in [7, 11) is 0. The Morgan fingerprint density at radius 1 is 1.38 bits per heavy atom.